The fraction of sp³-hybridized carbons (Fsp3) is 0.571. The van der Waals surface area contributed by atoms with Crippen LogP contribution >= 0.6 is 0 Å². The van der Waals surface area contributed by atoms with E-state index in [0.717, 1.165) is 12.1 Å². The molecular formula is C14H17F2N. The first kappa shape index (κ1) is 11.1. The van der Waals surface area contributed by atoms with Crippen molar-refractivity contribution in [3.05, 3.63) is 35.4 Å². The molecule has 0 saturated heterocycles. The molecule has 2 aliphatic carbocycles. The number of rotatable bonds is 5. The van der Waals surface area contributed by atoms with Gasteiger partial charge in [-0.3, -0.25) is 0 Å². The SMILES string of the molecule is FC(F)(c1ccc(CNC2CC2)cc1)C1CC1. The zero-order valence-electron chi connectivity index (χ0n) is 9.76. The van der Waals surface area contributed by atoms with E-state index in [0.29, 0.717) is 18.9 Å². The minimum Gasteiger partial charge on any atom is -0.310 e. The van der Waals surface area contributed by atoms with Crippen LogP contribution in [0.3, 0.4) is 0 Å². The second-order valence-electron chi connectivity index (χ2n) is 5.25. The number of benzene rings is 1. The van der Waals surface area contributed by atoms with Crippen molar-refractivity contribution in [1.29, 1.82) is 0 Å². The molecule has 1 aromatic carbocycles. The van der Waals surface area contributed by atoms with Crippen molar-refractivity contribution in [3.63, 3.8) is 0 Å². The Labute approximate surface area is 100 Å². The Kier molecular flexibility index (Phi) is 2.66. The lowest BCUT2D eigenvalue weighted by atomic mass is 10.0. The second-order valence-corrected chi connectivity index (χ2v) is 5.25. The van der Waals surface area contributed by atoms with Crippen LogP contribution in [0.5, 0.6) is 0 Å². The average molecular weight is 237 g/mol. The van der Waals surface area contributed by atoms with Crippen LogP contribution in [-0.2, 0) is 12.5 Å². The summed E-state index contributed by atoms with van der Waals surface area (Å²) in [5, 5.41) is 3.38. The lowest BCUT2D eigenvalue weighted by molar-refractivity contribution is -0.0285. The summed E-state index contributed by atoms with van der Waals surface area (Å²) in [7, 11) is 0. The molecule has 0 unspecified atom stereocenters. The van der Waals surface area contributed by atoms with Gasteiger partial charge in [0.2, 0.25) is 0 Å². The van der Waals surface area contributed by atoms with Gasteiger partial charge in [0.25, 0.3) is 5.92 Å². The van der Waals surface area contributed by atoms with Crippen LogP contribution < -0.4 is 5.32 Å². The van der Waals surface area contributed by atoms with Gasteiger partial charge in [-0.05, 0) is 31.2 Å². The van der Waals surface area contributed by atoms with Crippen LogP contribution in [0.1, 0.15) is 36.8 Å². The van der Waals surface area contributed by atoms with E-state index < -0.39 is 11.8 Å². The molecule has 3 heteroatoms. The van der Waals surface area contributed by atoms with Crippen LogP contribution in [0, 0.1) is 5.92 Å². The highest BCUT2D eigenvalue weighted by Gasteiger charge is 2.47. The van der Waals surface area contributed by atoms with E-state index in [1.54, 1.807) is 12.1 Å². The van der Waals surface area contributed by atoms with E-state index in [1.165, 1.54) is 12.8 Å². The molecule has 3 rings (SSSR count). The van der Waals surface area contributed by atoms with Crippen LogP contribution in [0.2, 0.25) is 0 Å². The molecular weight excluding hydrogens is 220 g/mol. The highest BCUT2D eigenvalue weighted by Crippen LogP contribution is 2.49. The smallest absolute Gasteiger partial charge is 0.276 e. The van der Waals surface area contributed by atoms with Gasteiger partial charge in [0.05, 0.1) is 0 Å². The number of hydrogen-bond donors (Lipinski definition) is 1. The number of nitrogens with one attached hydrogen (secondary N) is 1. The maximum atomic E-state index is 13.8. The third-order valence-corrected chi connectivity index (χ3v) is 3.60. The Morgan fingerprint density at radius 1 is 1.06 bits per heavy atom. The molecule has 2 saturated carbocycles. The number of hydrogen-bond acceptors (Lipinski definition) is 1. The van der Waals surface area contributed by atoms with Crippen molar-refractivity contribution in [2.45, 2.75) is 44.2 Å². The molecule has 0 radical (unpaired) electrons. The van der Waals surface area contributed by atoms with Crippen molar-refractivity contribution >= 4 is 0 Å². The zero-order valence-corrected chi connectivity index (χ0v) is 9.76. The predicted octanol–water partition coefficient (Wildman–Crippen LogP) is 3.44. The summed E-state index contributed by atoms with van der Waals surface area (Å²) in [5.74, 6) is -3.04. The summed E-state index contributed by atoms with van der Waals surface area (Å²) in [6, 6.07) is 7.47. The van der Waals surface area contributed by atoms with Crippen LogP contribution in [0.25, 0.3) is 0 Å². The van der Waals surface area contributed by atoms with E-state index in [4.69, 9.17) is 0 Å². The monoisotopic (exact) mass is 237 g/mol. The normalized spacial score (nSPS) is 20.6. The first-order valence-corrected chi connectivity index (χ1v) is 6.37. The summed E-state index contributed by atoms with van der Waals surface area (Å²) >= 11 is 0. The first-order valence-electron chi connectivity index (χ1n) is 6.37. The third-order valence-electron chi connectivity index (χ3n) is 3.60. The fourth-order valence-corrected chi connectivity index (χ4v) is 2.08. The summed E-state index contributed by atoms with van der Waals surface area (Å²) in [5.41, 5.74) is 1.27. The Morgan fingerprint density at radius 2 is 1.71 bits per heavy atom. The van der Waals surface area contributed by atoms with Crippen molar-refractivity contribution in [2.75, 3.05) is 0 Å². The topological polar surface area (TPSA) is 12.0 Å². The molecule has 1 N–H and O–H groups in total. The Morgan fingerprint density at radius 3 is 2.24 bits per heavy atom. The molecule has 17 heavy (non-hydrogen) atoms. The molecule has 0 aromatic heterocycles. The van der Waals surface area contributed by atoms with Crippen LogP contribution in [0.4, 0.5) is 8.78 Å². The summed E-state index contributed by atoms with van der Waals surface area (Å²) in [6.07, 6.45) is 3.83. The Balaban J connectivity index is 1.65. The maximum absolute atomic E-state index is 13.8. The molecule has 0 bridgehead atoms. The summed E-state index contributed by atoms with van der Waals surface area (Å²) in [6.45, 7) is 0.792. The van der Waals surface area contributed by atoms with Gasteiger partial charge in [0.1, 0.15) is 0 Å². The molecule has 0 atom stereocenters. The van der Waals surface area contributed by atoms with E-state index in [1.807, 2.05) is 12.1 Å². The van der Waals surface area contributed by atoms with Gasteiger partial charge in [0, 0.05) is 24.1 Å². The molecule has 92 valence electrons. The third kappa shape index (κ3) is 2.49. The molecule has 1 aromatic rings. The van der Waals surface area contributed by atoms with Gasteiger partial charge in [-0.1, -0.05) is 24.3 Å². The molecule has 0 amide bonds. The molecule has 0 spiro atoms. The molecule has 0 aliphatic heterocycles. The van der Waals surface area contributed by atoms with Gasteiger partial charge < -0.3 is 5.32 Å². The van der Waals surface area contributed by atoms with Gasteiger partial charge in [0.15, 0.2) is 0 Å². The fourth-order valence-electron chi connectivity index (χ4n) is 2.08. The van der Waals surface area contributed by atoms with Crippen LogP contribution in [-0.4, -0.2) is 6.04 Å². The lowest BCUT2D eigenvalue weighted by Gasteiger charge is -2.16. The molecule has 2 fully saturated rings. The van der Waals surface area contributed by atoms with Crippen LogP contribution in [0.15, 0.2) is 24.3 Å². The summed E-state index contributed by atoms with van der Waals surface area (Å²) in [4.78, 5) is 0. The van der Waals surface area contributed by atoms with Gasteiger partial charge in [-0.2, -0.15) is 0 Å². The van der Waals surface area contributed by atoms with Gasteiger partial charge >= 0.3 is 0 Å². The van der Waals surface area contributed by atoms with E-state index in [2.05, 4.69) is 5.32 Å². The number of alkyl halides is 2. The predicted molar refractivity (Wildman–Crippen MR) is 62.9 cm³/mol. The average Bonchev–Trinajstić information content (AvgIpc) is 3.19. The standard InChI is InChI=1S/C14H17F2N/c15-14(16,12-5-6-12)11-3-1-10(2-4-11)9-17-13-7-8-13/h1-4,12-13,17H,5-9H2. The highest BCUT2D eigenvalue weighted by atomic mass is 19.3. The van der Waals surface area contributed by atoms with E-state index >= 15 is 0 Å². The zero-order chi connectivity index (χ0) is 11.9. The molecule has 2 aliphatic rings. The van der Waals surface area contributed by atoms with Gasteiger partial charge in [-0.25, -0.2) is 8.78 Å². The minimum absolute atomic E-state index is 0.176. The lowest BCUT2D eigenvalue weighted by Crippen LogP contribution is -2.17. The van der Waals surface area contributed by atoms with Crippen molar-refractivity contribution in [2.24, 2.45) is 5.92 Å². The van der Waals surface area contributed by atoms with Crippen molar-refractivity contribution in [1.82, 2.24) is 5.32 Å². The number of halogens is 2. The minimum atomic E-state index is -2.62. The van der Waals surface area contributed by atoms with Crippen molar-refractivity contribution < 1.29 is 8.78 Å². The first-order chi connectivity index (χ1) is 8.16. The van der Waals surface area contributed by atoms with Gasteiger partial charge in [-0.15, -0.1) is 0 Å². The second kappa shape index (κ2) is 4.05. The Hall–Kier alpha value is -0.960. The van der Waals surface area contributed by atoms with E-state index in [9.17, 15) is 8.78 Å². The molecule has 1 nitrogen and oxygen atoms in total. The molecule has 0 heterocycles. The quantitative estimate of drug-likeness (QED) is 0.827. The Bertz CT molecular complexity index is 391. The van der Waals surface area contributed by atoms with E-state index in [-0.39, 0.29) is 5.56 Å². The highest BCUT2D eigenvalue weighted by molar-refractivity contribution is 5.27. The maximum Gasteiger partial charge on any atom is 0.276 e. The van der Waals surface area contributed by atoms with Crippen molar-refractivity contribution in [3.8, 4) is 0 Å². The summed E-state index contributed by atoms with van der Waals surface area (Å²) < 4.78 is 27.6. The largest absolute Gasteiger partial charge is 0.310 e.